The molecule has 1 rings (SSSR count). The van der Waals surface area contributed by atoms with Crippen LogP contribution in [0, 0.1) is 25.2 Å². The largest absolute Gasteiger partial charge is 0.409 e. The van der Waals surface area contributed by atoms with Gasteiger partial charge in [-0.05, 0) is 37.1 Å². The summed E-state index contributed by atoms with van der Waals surface area (Å²) in [6.07, 6.45) is 0. The predicted octanol–water partition coefficient (Wildman–Crippen LogP) is 1.39. The molecule has 0 heterocycles. The number of oxime groups is 1. The number of nitrogens with zero attached hydrogens (tertiary/aromatic N) is 2. The Labute approximate surface area is 93.6 Å². The van der Waals surface area contributed by atoms with E-state index in [1.165, 1.54) is 18.2 Å². The van der Waals surface area contributed by atoms with Gasteiger partial charge in [-0.3, -0.25) is 0 Å². The summed E-state index contributed by atoms with van der Waals surface area (Å²) in [6.45, 7) is 3.60. The highest BCUT2D eigenvalue weighted by Gasteiger charge is 2.23. The van der Waals surface area contributed by atoms with E-state index in [0.717, 1.165) is 11.1 Å². The van der Waals surface area contributed by atoms with Crippen LogP contribution in [0.1, 0.15) is 11.1 Å². The summed E-state index contributed by atoms with van der Waals surface area (Å²) in [5.41, 5.74) is 1.73. The number of nitriles is 1. The maximum absolute atomic E-state index is 11.7. The molecule has 0 aliphatic heterocycles. The van der Waals surface area contributed by atoms with Gasteiger partial charge in [0.25, 0.3) is 5.04 Å². The highest BCUT2D eigenvalue weighted by atomic mass is 32.2. The van der Waals surface area contributed by atoms with Gasteiger partial charge in [-0.2, -0.15) is 5.26 Å². The Morgan fingerprint density at radius 1 is 1.38 bits per heavy atom. The quantitative estimate of drug-likeness (QED) is 0.346. The monoisotopic (exact) mass is 238 g/mol. The summed E-state index contributed by atoms with van der Waals surface area (Å²) in [7, 11) is -4.00. The average molecular weight is 238 g/mol. The average Bonchev–Trinajstić information content (AvgIpc) is 2.23. The van der Waals surface area contributed by atoms with Crippen molar-refractivity contribution in [1.29, 1.82) is 5.26 Å². The van der Waals surface area contributed by atoms with Crippen LogP contribution in [-0.2, 0) is 9.84 Å². The number of hydrogen-bond acceptors (Lipinski definition) is 5. The second-order valence-corrected chi connectivity index (χ2v) is 5.13. The fourth-order valence-corrected chi connectivity index (χ4v) is 2.16. The number of benzene rings is 1. The zero-order chi connectivity index (χ0) is 12.3. The van der Waals surface area contributed by atoms with Gasteiger partial charge in [-0.1, -0.05) is 11.2 Å². The zero-order valence-corrected chi connectivity index (χ0v) is 9.61. The van der Waals surface area contributed by atoms with E-state index in [9.17, 15) is 8.42 Å². The molecule has 0 aliphatic rings. The maximum Gasteiger partial charge on any atom is 0.275 e. The van der Waals surface area contributed by atoms with E-state index in [0.29, 0.717) is 0 Å². The third-order valence-corrected chi connectivity index (χ3v) is 3.79. The molecule has 84 valence electrons. The Bertz CT molecular complexity index is 583. The van der Waals surface area contributed by atoms with Crippen molar-refractivity contribution in [3.63, 3.8) is 0 Å². The fraction of sp³-hybridized carbons (Fsp3) is 0.200. The first-order valence-corrected chi connectivity index (χ1v) is 5.86. The summed E-state index contributed by atoms with van der Waals surface area (Å²) in [4.78, 5) is -0.0510. The van der Waals surface area contributed by atoms with Gasteiger partial charge in [-0.25, -0.2) is 8.42 Å². The third-order valence-electron chi connectivity index (χ3n) is 2.23. The zero-order valence-electron chi connectivity index (χ0n) is 8.80. The van der Waals surface area contributed by atoms with E-state index >= 15 is 0 Å². The number of sulfone groups is 1. The van der Waals surface area contributed by atoms with Crippen molar-refractivity contribution < 1.29 is 13.6 Å². The van der Waals surface area contributed by atoms with Crippen molar-refractivity contribution in [3.05, 3.63) is 29.3 Å². The predicted molar refractivity (Wildman–Crippen MR) is 57.9 cm³/mol. The van der Waals surface area contributed by atoms with Crippen LogP contribution in [-0.4, -0.2) is 18.7 Å². The molecule has 0 bridgehead atoms. The molecule has 0 unspecified atom stereocenters. The SMILES string of the molecule is Cc1ccc(S(=O)(=O)C(C#N)=NO)cc1C. The lowest BCUT2D eigenvalue weighted by Gasteiger charge is -2.04. The molecule has 0 amide bonds. The highest BCUT2D eigenvalue weighted by molar-refractivity contribution is 8.07. The minimum atomic E-state index is -4.00. The van der Waals surface area contributed by atoms with E-state index in [2.05, 4.69) is 5.16 Å². The summed E-state index contributed by atoms with van der Waals surface area (Å²) in [5, 5.41) is 18.5. The maximum atomic E-state index is 11.7. The van der Waals surface area contributed by atoms with Gasteiger partial charge in [0.1, 0.15) is 6.07 Å². The summed E-state index contributed by atoms with van der Waals surface area (Å²) in [5.74, 6) is 0. The van der Waals surface area contributed by atoms with Crippen molar-refractivity contribution in [2.75, 3.05) is 0 Å². The second kappa shape index (κ2) is 4.33. The van der Waals surface area contributed by atoms with Gasteiger partial charge in [-0.15, -0.1) is 0 Å². The van der Waals surface area contributed by atoms with Gasteiger partial charge < -0.3 is 5.21 Å². The molecule has 16 heavy (non-hydrogen) atoms. The molecular weight excluding hydrogens is 228 g/mol. The van der Waals surface area contributed by atoms with Crippen LogP contribution >= 0.6 is 0 Å². The van der Waals surface area contributed by atoms with E-state index < -0.39 is 14.9 Å². The molecule has 0 saturated heterocycles. The van der Waals surface area contributed by atoms with Crippen LogP contribution in [0.15, 0.2) is 28.3 Å². The molecular formula is C10H10N2O3S. The van der Waals surface area contributed by atoms with Crippen LogP contribution in [0.25, 0.3) is 0 Å². The summed E-state index contributed by atoms with van der Waals surface area (Å²) in [6, 6.07) is 5.78. The molecule has 1 N–H and O–H groups in total. The molecule has 0 aromatic heterocycles. The van der Waals surface area contributed by atoms with Crippen molar-refractivity contribution in [1.82, 2.24) is 0 Å². The first-order chi connectivity index (χ1) is 7.43. The van der Waals surface area contributed by atoms with Gasteiger partial charge in [0.05, 0.1) is 4.90 Å². The number of rotatable bonds is 1. The molecule has 0 atom stereocenters. The van der Waals surface area contributed by atoms with Gasteiger partial charge in [0, 0.05) is 0 Å². The van der Waals surface area contributed by atoms with E-state index in [4.69, 9.17) is 10.5 Å². The van der Waals surface area contributed by atoms with Gasteiger partial charge in [0.15, 0.2) is 0 Å². The molecule has 0 radical (unpaired) electrons. The Balaban J connectivity index is 3.41. The molecule has 1 aromatic carbocycles. The molecule has 5 nitrogen and oxygen atoms in total. The van der Waals surface area contributed by atoms with Crippen LogP contribution in [0.3, 0.4) is 0 Å². The Hall–Kier alpha value is -1.87. The van der Waals surface area contributed by atoms with Crippen molar-refractivity contribution in [2.45, 2.75) is 18.7 Å². The van der Waals surface area contributed by atoms with Crippen LogP contribution < -0.4 is 0 Å². The van der Waals surface area contributed by atoms with Crippen molar-refractivity contribution in [2.24, 2.45) is 5.16 Å². The van der Waals surface area contributed by atoms with E-state index in [-0.39, 0.29) is 4.90 Å². The smallest absolute Gasteiger partial charge is 0.275 e. The lowest BCUT2D eigenvalue weighted by molar-refractivity contribution is 0.321. The molecule has 0 fully saturated rings. The topological polar surface area (TPSA) is 90.5 Å². The Morgan fingerprint density at radius 2 is 2.00 bits per heavy atom. The highest BCUT2D eigenvalue weighted by Crippen LogP contribution is 2.16. The van der Waals surface area contributed by atoms with Gasteiger partial charge >= 0.3 is 0 Å². The molecule has 0 saturated carbocycles. The fourth-order valence-electron chi connectivity index (χ4n) is 1.13. The number of aryl methyl sites for hydroxylation is 2. The lowest BCUT2D eigenvalue weighted by atomic mass is 10.1. The van der Waals surface area contributed by atoms with Crippen molar-refractivity contribution in [3.8, 4) is 6.07 Å². The second-order valence-electron chi connectivity index (χ2n) is 3.27. The Morgan fingerprint density at radius 3 is 2.44 bits per heavy atom. The molecule has 0 aliphatic carbocycles. The third kappa shape index (κ3) is 2.04. The first-order valence-electron chi connectivity index (χ1n) is 4.38. The molecule has 1 aromatic rings. The van der Waals surface area contributed by atoms with E-state index in [1.807, 2.05) is 6.92 Å². The van der Waals surface area contributed by atoms with Crippen LogP contribution in [0.2, 0.25) is 0 Å². The lowest BCUT2D eigenvalue weighted by Crippen LogP contribution is -2.13. The van der Waals surface area contributed by atoms with Crippen LogP contribution in [0.5, 0.6) is 0 Å². The normalized spacial score (nSPS) is 12.2. The standard InChI is InChI=1S/C10H10N2O3S/c1-7-3-4-9(5-8(7)2)16(14,15)10(6-11)12-13/h3-5,13H,1-2H3. The van der Waals surface area contributed by atoms with Crippen LogP contribution in [0.4, 0.5) is 0 Å². The van der Waals surface area contributed by atoms with Gasteiger partial charge in [0.2, 0.25) is 9.84 Å². The molecule has 6 heteroatoms. The summed E-state index contributed by atoms with van der Waals surface area (Å²) < 4.78 is 23.5. The Kier molecular flexibility index (Phi) is 3.30. The minimum Gasteiger partial charge on any atom is -0.409 e. The van der Waals surface area contributed by atoms with E-state index in [1.54, 1.807) is 13.0 Å². The molecule has 0 spiro atoms. The first kappa shape index (κ1) is 12.2. The van der Waals surface area contributed by atoms with Crippen molar-refractivity contribution >= 4 is 14.9 Å². The summed E-state index contributed by atoms with van der Waals surface area (Å²) >= 11 is 0. The minimum absolute atomic E-state index is 0.0510. The number of hydrogen-bond donors (Lipinski definition) is 1.